The summed E-state index contributed by atoms with van der Waals surface area (Å²) >= 11 is 0. The maximum Gasteiger partial charge on any atom is 0.317 e. The SMILES string of the molecule is O=C(O)CN(CCN(CC(=O)O)CC(Cc1ccc2ccccc2c1)N(CC(=O)O)CC(=O)O)CC(=O)O. The molecule has 0 amide bonds. The van der Waals surface area contributed by atoms with Gasteiger partial charge in [-0.2, -0.15) is 0 Å². The zero-order valence-corrected chi connectivity index (χ0v) is 20.6. The fourth-order valence-electron chi connectivity index (χ4n) is 4.21. The number of benzene rings is 2. The summed E-state index contributed by atoms with van der Waals surface area (Å²) in [5, 5.41) is 48.3. The van der Waals surface area contributed by atoms with E-state index in [-0.39, 0.29) is 26.1 Å². The largest absolute Gasteiger partial charge is 0.480 e. The number of carboxylic acid groups (broad SMARTS) is 5. The van der Waals surface area contributed by atoms with E-state index in [1.54, 1.807) is 0 Å². The minimum atomic E-state index is -1.26. The maximum absolute atomic E-state index is 11.6. The molecule has 2 rings (SSSR count). The zero-order chi connectivity index (χ0) is 28.2. The topological polar surface area (TPSA) is 196 Å². The number of nitrogens with zero attached hydrogens (tertiary/aromatic N) is 3. The quantitative estimate of drug-likeness (QED) is 0.173. The van der Waals surface area contributed by atoms with Crippen molar-refractivity contribution >= 4 is 40.6 Å². The average molecular weight is 534 g/mol. The van der Waals surface area contributed by atoms with Gasteiger partial charge in [0.25, 0.3) is 0 Å². The van der Waals surface area contributed by atoms with Gasteiger partial charge in [0.15, 0.2) is 0 Å². The van der Waals surface area contributed by atoms with Crippen molar-refractivity contribution in [2.75, 3.05) is 52.4 Å². The lowest BCUT2D eigenvalue weighted by atomic mass is 10.00. The zero-order valence-electron chi connectivity index (χ0n) is 20.6. The minimum absolute atomic E-state index is 0.0466. The van der Waals surface area contributed by atoms with E-state index in [1.807, 2.05) is 42.5 Å². The van der Waals surface area contributed by atoms with Gasteiger partial charge in [-0.05, 0) is 22.8 Å². The van der Waals surface area contributed by atoms with Crippen molar-refractivity contribution in [1.82, 2.24) is 14.7 Å². The van der Waals surface area contributed by atoms with Gasteiger partial charge < -0.3 is 25.5 Å². The summed E-state index contributed by atoms with van der Waals surface area (Å²) in [6, 6.07) is 12.4. The van der Waals surface area contributed by atoms with E-state index in [2.05, 4.69) is 0 Å². The summed E-state index contributed by atoms with van der Waals surface area (Å²) in [7, 11) is 0. The normalized spacial score (nSPS) is 12.2. The highest BCUT2D eigenvalue weighted by molar-refractivity contribution is 5.83. The molecule has 13 heteroatoms. The van der Waals surface area contributed by atoms with Gasteiger partial charge in [0, 0.05) is 25.7 Å². The Hall–Kier alpha value is -4.07. The Labute approximate surface area is 218 Å². The lowest BCUT2D eigenvalue weighted by molar-refractivity contribution is -0.144. The predicted octanol–water partition coefficient (Wildman–Crippen LogP) is 0.0799. The third-order valence-electron chi connectivity index (χ3n) is 5.76. The van der Waals surface area contributed by atoms with Crippen molar-refractivity contribution in [3.63, 3.8) is 0 Å². The Morgan fingerprint density at radius 2 is 1.08 bits per heavy atom. The summed E-state index contributed by atoms with van der Waals surface area (Å²) in [6.45, 7) is -3.05. The second kappa shape index (κ2) is 14.6. The Balaban J connectivity index is 2.34. The molecule has 0 bridgehead atoms. The van der Waals surface area contributed by atoms with Crippen LogP contribution in [0, 0.1) is 0 Å². The first-order valence-corrected chi connectivity index (χ1v) is 11.7. The molecule has 0 saturated carbocycles. The molecule has 1 atom stereocenters. The number of hydrogen-bond acceptors (Lipinski definition) is 8. The van der Waals surface area contributed by atoms with Crippen LogP contribution in [0.15, 0.2) is 42.5 Å². The Bertz CT molecular complexity index is 1120. The molecule has 0 saturated heterocycles. The van der Waals surface area contributed by atoms with Crippen LogP contribution in [-0.4, -0.2) is 128 Å². The number of rotatable bonds is 18. The Morgan fingerprint density at radius 3 is 1.61 bits per heavy atom. The van der Waals surface area contributed by atoms with Crippen LogP contribution in [0.1, 0.15) is 5.56 Å². The van der Waals surface area contributed by atoms with E-state index in [9.17, 15) is 39.3 Å². The molecule has 0 spiro atoms. The van der Waals surface area contributed by atoms with Crippen LogP contribution in [-0.2, 0) is 30.4 Å². The van der Waals surface area contributed by atoms with Crippen molar-refractivity contribution in [1.29, 1.82) is 0 Å². The molecule has 0 aliphatic heterocycles. The molecule has 0 aliphatic rings. The van der Waals surface area contributed by atoms with Crippen LogP contribution in [0.5, 0.6) is 0 Å². The van der Waals surface area contributed by atoms with Gasteiger partial charge in [-0.1, -0.05) is 42.5 Å². The minimum Gasteiger partial charge on any atom is -0.480 e. The van der Waals surface area contributed by atoms with Gasteiger partial charge >= 0.3 is 29.8 Å². The fourth-order valence-corrected chi connectivity index (χ4v) is 4.21. The van der Waals surface area contributed by atoms with Crippen LogP contribution >= 0.6 is 0 Å². The Morgan fingerprint density at radius 1 is 0.605 bits per heavy atom. The number of carboxylic acids is 5. The number of hydrogen-bond donors (Lipinski definition) is 5. The highest BCUT2D eigenvalue weighted by atomic mass is 16.4. The summed E-state index contributed by atoms with van der Waals surface area (Å²) in [6.07, 6.45) is 0.204. The molecular weight excluding hydrogens is 502 g/mol. The first-order chi connectivity index (χ1) is 17.9. The molecule has 38 heavy (non-hydrogen) atoms. The van der Waals surface area contributed by atoms with E-state index < -0.39 is 68.6 Å². The smallest absolute Gasteiger partial charge is 0.317 e. The molecule has 2 aromatic rings. The van der Waals surface area contributed by atoms with Crippen LogP contribution in [0.2, 0.25) is 0 Å². The molecule has 0 aliphatic carbocycles. The van der Waals surface area contributed by atoms with Crippen molar-refractivity contribution in [3.8, 4) is 0 Å². The lowest BCUT2D eigenvalue weighted by Gasteiger charge is -2.34. The van der Waals surface area contributed by atoms with Crippen molar-refractivity contribution in [3.05, 3.63) is 48.0 Å². The fraction of sp³-hybridized carbons (Fsp3) is 0.400. The highest BCUT2D eigenvalue weighted by Crippen LogP contribution is 2.19. The third kappa shape index (κ3) is 10.9. The Kier molecular flexibility index (Phi) is 11.6. The second-order valence-electron chi connectivity index (χ2n) is 8.86. The summed E-state index contributed by atoms with van der Waals surface area (Å²) in [4.78, 5) is 60.7. The van der Waals surface area contributed by atoms with E-state index >= 15 is 0 Å². The summed E-state index contributed by atoms with van der Waals surface area (Å²) < 4.78 is 0. The van der Waals surface area contributed by atoms with Gasteiger partial charge in [-0.25, -0.2) is 0 Å². The van der Waals surface area contributed by atoms with Gasteiger partial charge in [0.05, 0.1) is 32.7 Å². The molecule has 0 aromatic heterocycles. The van der Waals surface area contributed by atoms with E-state index in [0.717, 1.165) is 21.2 Å². The van der Waals surface area contributed by atoms with Crippen LogP contribution < -0.4 is 0 Å². The van der Waals surface area contributed by atoms with Crippen LogP contribution in [0.25, 0.3) is 10.8 Å². The predicted molar refractivity (Wildman–Crippen MR) is 134 cm³/mol. The van der Waals surface area contributed by atoms with Gasteiger partial charge in [0.1, 0.15) is 0 Å². The average Bonchev–Trinajstić information content (AvgIpc) is 2.79. The van der Waals surface area contributed by atoms with Crippen molar-refractivity contribution in [2.24, 2.45) is 0 Å². The van der Waals surface area contributed by atoms with Gasteiger partial charge in [-0.3, -0.25) is 38.7 Å². The van der Waals surface area contributed by atoms with E-state index in [0.29, 0.717) is 0 Å². The first kappa shape index (κ1) is 30.2. The van der Waals surface area contributed by atoms with E-state index in [1.165, 1.54) is 9.80 Å². The van der Waals surface area contributed by atoms with Gasteiger partial charge in [-0.15, -0.1) is 0 Å². The molecule has 5 N–H and O–H groups in total. The molecular formula is C25H31N3O10. The van der Waals surface area contributed by atoms with Crippen molar-refractivity contribution < 1.29 is 49.5 Å². The monoisotopic (exact) mass is 533 g/mol. The van der Waals surface area contributed by atoms with Crippen LogP contribution in [0.3, 0.4) is 0 Å². The molecule has 13 nitrogen and oxygen atoms in total. The third-order valence-corrected chi connectivity index (χ3v) is 5.76. The number of fused-ring (bicyclic) bond motifs is 1. The highest BCUT2D eigenvalue weighted by Gasteiger charge is 2.27. The summed E-state index contributed by atoms with van der Waals surface area (Å²) in [5.41, 5.74) is 0.781. The molecule has 2 aromatic carbocycles. The summed E-state index contributed by atoms with van der Waals surface area (Å²) in [5.74, 6) is -6.22. The molecule has 0 heterocycles. The van der Waals surface area contributed by atoms with Crippen LogP contribution in [0.4, 0.5) is 0 Å². The second-order valence-corrected chi connectivity index (χ2v) is 8.86. The molecule has 0 radical (unpaired) electrons. The standard InChI is InChI=1S/C25H31N3O10/c29-21(30)12-26(7-8-27(13-22(31)32)14-23(33)34)11-20(28(15-24(35)36)16-25(37)38)10-17-5-6-18-3-1-2-4-19(18)9-17/h1-6,9,20H,7-8,10-16H2,(H,29,30)(H,31,32)(H,33,34)(H,35,36)(H,37,38). The van der Waals surface area contributed by atoms with Crippen molar-refractivity contribution in [2.45, 2.75) is 12.5 Å². The number of carbonyl (C=O) groups is 5. The number of aliphatic carboxylic acids is 5. The van der Waals surface area contributed by atoms with Gasteiger partial charge in [0.2, 0.25) is 0 Å². The lowest BCUT2D eigenvalue weighted by Crippen LogP contribution is -2.51. The molecule has 206 valence electrons. The maximum atomic E-state index is 11.6. The first-order valence-electron chi connectivity index (χ1n) is 11.7. The molecule has 1 unspecified atom stereocenters. The van der Waals surface area contributed by atoms with E-state index in [4.69, 9.17) is 10.2 Å². The molecule has 0 fully saturated rings.